The molecule has 0 spiro atoms. The van der Waals surface area contributed by atoms with Gasteiger partial charge in [0.1, 0.15) is 12.1 Å². The minimum atomic E-state index is -0.540. The Labute approximate surface area is 134 Å². The van der Waals surface area contributed by atoms with E-state index in [0.717, 1.165) is 19.3 Å². The van der Waals surface area contributed by atoms with Gasteiger partial charge in [-0.25, -0.2) is 0 Å². The van der Waals surface area contributed by atoms with Gasteiger partial charge in [0, 0.05) is 6.04 Å². The van der Waals surface area contributed by atoms with Crippen LogP contribution in [0.4, 0.5) is 0 Å². The standard InChI is InChI=1S/C17H32N2O3/c1-5-12(2)18-16(20)13(3)19-17(21)14(4)22-15-10-8-6-7-9-11-15/h12-15H,5-11H2,1-4H3,(H,18,20)(H,19,21)/t12-,13-,14-/m0/s1. The van der Waals surface area contributed by atoms with Crippen molar-refractivity contribution in [3.8, 4) is 0 Å². The highest BCUT2D eigenvalue weighted by Crippen LogP contribution is 2.20. The molecule has 5 nitrogen and oxygen atoms in total. The SMILES string of the molecule is CC[C@H](C)NC(=O)[C@H](C)NC(=O)[C@H](C)OC1CCCCCC1. The van der Waals surface area contributed by atoms with Crippen molar-refractivity contribution in [2.24, 2.45) is 0 Å². The van der Waals surface area contributed by atoms with Crippen LogP contribution in [0, 0.1) is 0 Å². The van der Waals surface area contributed by atoms with Gasteiger partial charge in [-0.3, -0.25) is 9.59 Å². The zero-order chi connectivity index (χ0) is 16.5. The fourth-order valence-corrected chi connectivity index (χ4v) is 2.59. The minimum absolute atomic E-state index is 0.117. The molecular formula is C17H32N2O3. The van der Waals surface area contributed by atoms with Gasteiger partial charge in [-0.1, -0.05) is 32.6 Å². The van der Waals surface area contributed by atoms with Crippen molar-refractivity contribution in [2.45, 2.75) is 96.9 Å². The average molecular weight is 312 g/mol. The Bertz CT molecular complexity index is 352. The molecule has 0 aromatic carbocycles. The molecule has 5 heteroatoms. The summed E-state index contributed by atoms with van der Waals surface area (Å²) in [5, 5.41) is 5.61. The molecule has 3 atom stereocenters. The molecule has 1 saturated carbocycles. The topological polar surface area (TPSA) is 67.4 Å². The van der Waals surface area contributed by atoms with Crippen LogP contribution in [0.2, 0.25) is 0 Å². The van der Waals surface area contributed by atoms with Crippen LogP contribution < -0.4 is 10.6 Å². The molecule has 0 heterocycles. The van der Waals surface area contributed by atoms with Crippen LogP contribution in [-0.2, 0) is 14.3 Å². The number of hydrogen-bond acceptors (Lipinski definition) is 3. The second-order valence-electron chi connectivity index (χ2n) is 6.44. The van der Waals surface area contributed by atoms with Crippen molar-refractivity contribution in [1.82, 2.24) is 10.6 Å². The lowest BCUT2D eigenvalue weighted by Gasteiger charge is -2.23. The van der Waals surface area contributed by atoms with E-state index in [4.69, 9.17) is 4.74 Å². The third kappa shape index (κ3) is 6.77. The minimum Gasteiger partial charge on any atom is -0.365 e. The molecule has 0 radical (unpaired) electrons. The Hall–Kier alpha value is -1.10. The van der Waals surface area contributed by atoms with Crippen molar-refractivity contribution < 1.29 is 14.3 Å². The van der Waals surface area contributed by atoms with E-state index in [0.29, 0.717) is 0 Å². The number of carbonyl (C=O) groups excluding carboxylic acids is 2. The van der Waals surface area contributed by atoms with Gasteiger partial charge in [-0.05, 0) is 40.0 Å². The van der Waals surface area contributed by atoms with E-state index in [2.05, 4.69) is 10.6 Å². The monoisotopic (exact) mass is 312 g/mol. The number of hydrogen-bond donors (Lipinski definition) is 2. The summed E-state index contributed by atoms with van der Waals surface area (Å²) in [7, 11) is 0. The first-order chi connectivity index (χ1) is 10.4. The van der Waals surface area contributed by atoms with Gasteiger partial charge >= 0.3 is 0 Å². The molecule has 0 unspecified atom stereocenters. The van der Waals surface area contributed by atoms with Gasteiger partial charge in [0.15, 0.2) is 0 Å². The first-order valence-electron chi connectivity index (χ1n) is 8.70. The molecule has 128 valence electrons. The lowest BCUT2D eigenvalue weighted by atomic mass is 10.1. The molecule has 2 N–H and O–H groups in total. The van der Waals surface area contributed by atoms with Crippen LogP contribution in [0.3, 0.4) is 0 Å². The van der Waals surface area contributed by atoms with E-state index in [1.54, 1.807) is 13.8 Å². The van der Waals surface area contributed by atoms with E-state index >= 15 is 0 Å². The highest BCUT2D eigenvalue weighted by molar-refractivity contribution is 5.89. The predicted octanol–water partition coefficient (Wildman–Crippen LogP) is 2.53. The Morgan fingerprint density at radius 3 is 2.14 bits per heavy atom. The zero-order valence-electron chi connectivity index (χ0n) is 14.5. The number of amides is 2. The smallest absolute Gasteiger partial charge is 0.249 e. The van der Waals surface area contributed by atoms with Gasteiger partial charge in [-0.2, -0.15) is 0 Å². The first-order valence-corrected chi connectivity index (χ1v) is 8.70. The number of ether oxygens (including phenoxy) is 1. The molecule has 1 aliphatic carbocycles. The molecule has 22 heavy (non-hydrogen) atoms. The maximum atomic E-state index is 12.2. The maximum absolute atomic E-state index is 12.2. The van der Waals surface area contributed by atoms with Gasteiger partial charge < -0.3 is 15.4 Å². The highest BCUT2D eigenvalue weighted by atomic mass is 16.5. The van der Waals surface area contributed by atoms with E-state index < -0.39 is 12.1 Å². The Balaban J connectivity index is 2.37. The average Bonchev–Trinajstić information content (AvgIpc) is 2.75. The van der Waals surface area contributed by atoms with E-state index in [1.807, 2.05) is 13.8 Å². The van der Waals surface area contributed by atoms with Gasteiger partial charge in [0.05, 0.1) is 6.10 Å². The number of nitrogens with one attached hydrogen (secondary N) is 2. The molecule has 0 aromatic heterocycles. The highest BCUT2D eigenvalue weighted by Gasteiger charge is 2.23. The van der Waals surface area contributed by atoms with Crippen LogP contribution in [-0.4, -0.2) is 36.1 Å². The number of rotatable bonds is 7. The largest absolute Gasteiger partial charge is 0.365 e. The van der Waals surface area contributed by atoms with Crippen LogP contribution in [0.1, 0.15) is 72.6 Å². The molecule has 0 aliphatic heterocycles. The van der Waals surface area contributed by atoms with Crippen LogP contribution >= 0.6 is 0 Å². The summed E-state index contributed by atoms with van der Waals surface area (Å²) >= 11 is 0. The summed E-state index contributed by atoms with van der Waals surface area (Å²) in [5.41, 5.74) is 0. The molecular weight excluding hydrogens is 280 g/mol. The van der Waals surface area contributed by atoms with E-state index in [9.17, 15) is 9.59 Å². The summed E-state index contributed by atoms with van der Waals surface area (Å²) in [4.78, 5) is 24.1. The Morgan fingerprint density at radius 2 is 1.59 bits per heavy atom. The van der Waals surface area contributed by atoms with Crippen molar-refractivity contribution in [3.63, 3.8) is 0 Å². The molecule has 1 rings (SSSR count). The normalized spacial score (nSPS) is 20.5. The summed E-state index contributed by atoms with van der Waals surface area (Å²) < 4.78 is 5.87. The molecule has 1 aliphatic rings. The van der Waals surface area contributed by atoms with Gasteiger partial charge in [0.25, 0.3) is 0 Å². The van der Waals surface area contributed by atoms with Crippen LogP contribution in [0.25, 0.3) is 0 Å². The van der Waals surface area contributed by atoms with E-state index in [-0.39, 0.29) is 24.0 Å². The van der Waals surface area contributed by atoms with Gasteiger partial charge in [0.2, 0.25) is 11.8 Å². The first kappa shape index (κ1) is 18.9. The molecule has 1 fully saturated rings. The van der Waals surface area contributed by atoms with Gasteiger partial charge in [-0.15, -0.1) is 0 Å². The summed E-state index contributed by atoms with van der Waals surface area (Å²) in [6.07, 6.45) is 7.45. The summed E-state index contributed by atoms with van der Waals surface area (Å²) in [6.45, 7) is 7.43. The van der Waals surface area contributed by atoms with Crippen molar-refractivity contribution in [2.75, 3.05) is 0 Å². The summed E-state index contributed by atoms with van der Waals surface area (Å²) in [5.74, 6) is -0.361. The zero-order valence-corrected chi connectivity index (χ0v) is 14.5. The molecule has 2 amide bonds. The predicted molar refractivity (Wildman–Crippen MR) is 87.5 cm³/mol. The second kappa shape index (κ2) is 9.82. The van der Waals surface area contributed by atoms with Crippen molar-refractivity contribution in [3.05, 3.63) is 0 Å². The molecule has 0 aromatic rings. The third-order valence-electron chi connectivity index (χ3n) is 4.32. The quantitative estimate of drug-likeness (QED) is 0.710. The fraction of sp³-hybridized carbons (Fsp3) is 0.882. The van der Waals surface area contributed by atoms with E-state index in [1.165, 1.54) is 25.7 Å². The summed E-state index contributed by atoms with van der Waals surface area (Å²) in [6, 6.07) is -0.423. The van der Waals surface area contributed by atoms with Crippen molar-refractivity contribution in [1.29, 1.82) is 0 Å². The molecule has 0 saturated heterocycles. The van der Waals surface area contributed by atoms with Crippen LogP contribution in [0.15, 0.2) is 0 Å². The number of carbonyl (C=O) groups is 2. The van der Waals surface area contributed by atoms with Crippen molar-refractivity contribution >= 4 is 11.8 Å². The Kier molecular flexibility index (Phi) is 8.46. The lowest BCUT2D eigenvalue weighted by molar-refractivity contribution is -0.139. The fourth-order valence-electron chi connectivity index (χ4n) is 2.59. The maximum Gasteiger partial charge on any atom is 0.249 e. The van der Waals surface area contributed by atoms with Crippen LogP contribution in [0.5, 0.6) is 0 Å². The lowest BCUT2D eigenvalue weighted by Crippen LogP contribution is -2.50. The Morgan fingerprint density at radius 1 is 1.00 bits per heavy atom. The second-order valence-corrected chi connectivity index (χ2v) is 6.44. The third-order valence-corrected chi connectivity index (χ3v) is 4.32. The molecule has 0 bridgehead atoms.